The number of morpholine rings is 1. The van der Waals surface area contributed by atoms with Gasteiger partial charge in [0.2, 0.25) is 11.8 Å². The van der Waals surface area contributed by atoms with Gasteiger partial charge in [0.25, 0.3) is 15.9 Å². The molecule has 4 N–H and O–H groups in total. The zero-order valence-electron chi connectivity index (χ0n) is 35.7. The molecule has 2 aromatic heterocycles. The summed E-state index contributed by atoms with van der Waals surface area (Å²) in [5, 5.41) is 15.3. The van der Waals surface area contributed by atoms with E-state index in [1.165, 1.54) is 22.8 Å². The third kappa shape index (κ3) is 11.9. The first kappa shape index (κ1) is 45.8. The van der Waals surface area contributed by atoms with E-state index in [9.17, 15) is 18.0 Å². The number of carbonyl (C=O) groups excluding carboxylic acids is 2. The molecule has 3 aromatic carbocycles. The standard InChI is InChI=1S/C45H52Cl2N8O7S/c1-45(2)15-14-30(36(22-45)29-8-10-31(46)11-9-29)23-48-16-17-49-32-12-13-35(41(20-32)62-40-7-5-6-39-37(40)25-51-52-39)43(57)53-63(58,59)34-21-38(47)44(50-24-34)61-28-33-26-55(18-19-60-33)42(56)27-54(3)4/h5-13,20-21,24-25,33,48-49H,14-19,22-23,26-28H2,1-4H3,(H,51,52)(H,53,57)/t33-/m0/s1. The van der Waals surface area contributed by atoms with Gasteiger partial charge in [-0.15, -0.1) is 0 Å². The lowest BCUT2D eigenvalue weighted by Crippen LogP contribution is -2.49. The van der Waals surface area contributed by atoms with Crippen LogP contribution in [0.1, 0.15) is 49.0 Å². The van der Waals surface area contributed by atoms with Gasteiger partial charge in [0.05, 0.1) is 48.6 Å². The number of amides is 2. The van der Waals surface area contributed by atoms with Crippen LogP contribution in [0.15, 0.2) is 89.6 Å². The third-order valence-corrected chi connectivity index (χ3v) is 12.7. The summed E-state index contributed by atoms with van der Waals surface area (Å²) in [5.74, 6) is -0.456. The van der Waals surface area contributed by atoms with Gasteiger partial charge < -0.3 is 34.6 Å². The number of ether oxygens (including phenoxy) is 3. The Morgan fingerprint density at radius 1 is 1.03 bits per heavy atom. The first-order valence-corrected chi connectivity index (χ1v) is 22.9. The van der Waals surface area contributed by atoms with E-state index >= 15 is 0 Å². The molecule has 15 nitrogen and oxygen atoms in total. The van der Waals surface area contributed by atoms with E-state index in [2.05, 4.69) is 56.5 Å². The second-order valence-electron chi connectivity index (χ2n) is 16.7. The van der Waals surface area contributed by atoms with Crippen molar-refractivity contribution < 1.29 is 32.2 Å². The highest BCUT2D eigenvalue weighted by molar-refractivity contribution is 7.90. The number of hydrogen-bond acceptors (Lipinski definition) is 12. The highest BCUT2D eigenvalue weighted by Gasteiger charge is 2.29. The maximum atomic E-state index is 13.8. The first-order valence-electron chi connectivity index (χ1n) is 20.7. The van der Waals surface area contributed by atoms with Crippen LogP contribution in [-0.4, -0.2) is 118 Å². The average Bonchev–Trinajstić information content (AvgIpc) is 3.74. The number of carbonyl (C=O) groups is 2. The fourth-order valence-electron chi connectivity index (χ4n) is 7.56. The number of pyridine rings is 1. The van der Waals surface area contributed by atoms with E-state index in [0.717, 1.165) is 43.6 Å². The summed E-state index contributed by atoms with van der Waals surface area (Å²) in [7, 11) is -0.827. The van der Waals surface area contributed by atoms with E-state index in [0.29, 0.717) is 54.6 Å². The fourth-order valence-corrected chi connectivity index (χ4v) is 8.91. The molecule has 0 saturated carbocycles. The molecular weight excluding hydrogens is 868 g/mol. The van der Waals surface area contributed by atoms with Crippen molar-refractivity contribution in [3.63, 3.8) is 0 Å². The van der Waals surface area contributed by atoms with E-state index in [4.69, 9.17) is 37.4 Å². The van der Waals surface area contributed by atoms with Crippen molar-refractivity contribution in [3.05, 3.63) is 106 Å². The highest BCUT2D eigenvalue weighted by atomic mass is 35.5. The molecule has 63 heavy (non-hydrogen) atoms. The maximum Gasteiger partial charge on any atom is 0.268 e. The van der Waals surface area contributed by atoms with Crippen LogP contribution in [-0.2, 0) is 19.6 Å². The summed E-state index contributed by atoms with van der Waals surface area (Å²) in [6.07, 6.45) is 5.33. The molecule has 1 fully saturated rings. The summed E-state index contributed by atoms with van der Waals surface area (Å²) in [5.41, 5.74) is 5.51. The van der Waals surface area contributed by atoms with Crippen molar-refractivity contribution in [2.45, 2.75) is 44.1 Å². The molecule has 3 heterocycles. The minimum absolute atomic E-state index is 0.0244. The summed E-state index contributed by atoms with van der Waals surface area (Å²) in [6.45, 7) is 8.02. The topological polar surface area (TPSA) is 180 Å². The monoisotopic (exact) mass is 918 g/mol. The molecule has 0 radical (unpaired) electrons. The van der Waals surface area contributed by atoms with Crippen LogP contribution >= 0.6 is 23.2 Å². The number of sulfonamides is 1. The number of fused-ring (bicyclic) bond motifs is 1. The zero-order valence-corrected chi connectivity index (χ0v) is 38.0. The lowest BCUT2D eigenvalue weighted by atomic mass is 9.72. The van der Waals surface area contributed by atoms with Gasteiger partial charge in [-0.05, 0) is 92.4 Å². The van der Waals surface area contributed by atoms with Crippen LogP contribution in [0.4, 0.5) is 5.69 Å². The smallest absolute Gasteiger partial charge is 0.268 e. The van der Waals surface area contributed by atoms with Gasteiger partial charge in [-0.3, -0.25) is 14.7 Å². The van der Waals surface area contributed by atoms with Crippen LogP contribution in [0.3, 0.4) is 0 Å². The third-order valence-electron chi connectivity index (χ3n) is 10.9. The Hall–Kier alpha value is -5.23. The van der Waals surface area contributed by atoms with E-state index in [1.54, 1.807) is 40.3 Å². The largest absolute Gasteiger partial charge is 0.474 e. The summed E-state index contributed by atoms with van der Waals surface area (Å²) >= 11 is 12.6. The second-order valence-corrected chi connectivity index (χ2v) is 19.2. The molecule has 0 spiro atoms. The fraction of sp³-hybridized carbons (Fsp3) is 0.378. The number of aromatic nitrogens is 3. The van der Waals surface area contributed by atoms with Gasteiger partial charge in [0.1, 0.15) is 34.1 Å². The highest BCUT2D eigenvalue weighted by Crippen LogP contribution is 2.43. The molecule has 1 aliphatic carbocycles. The Bertz CT molecular complexity index is 2580. The molecule has 1 atom stereocenters. The Morgan fingerprint density at radius 3 is 2.62 bits per heavy atom. The number of aromatic amines is 1. The van der Waals surface area contributed by atoms with E-state index < -0.39 is 22.0 Å². The van der Waals surface area contributed by atoms with Gasteiger partial charge in [-0.1, -0.05) is 60.8 Å². The second kappa shape index (κ2) is 20.1. The van der Waals surface area contributed by atoms with Gasteiger partial charge in [0, 0.05) is 43.0 Å². The van der Waals surface area contributed by atoms with E-state index in [-0.39, 0.29) is 51.6 Å². The quantitative estimate of drug-likeness (QED) is 0.0703. The van der Waals surface area contributed by atoms with Gasteiger partial charge in [0.15, 0.2) is 0 Å². The molecule has 1 aliphatic heterocycles. The van der Waals surface area contributed by atoms with Crippen LogP contribution < -0.4 is 24.8 Å². The SMILES string of the molecule is CN(C)CC(=O)N1CCO[C@H](COc2ncc(S(=O)(=O)NC(=O)c3ccc(NCCNCC4=C(c5ccc(Cl)cc5)CC(C)(C)CC4)cc3Oc3cccc4[nH]ncc34)cc2Cl)C1. The van der Waals surface area contributed by atoms with Crippen LogP contribution in [0.2, 0.25) is 10.0 Å². The number of benzene rings is 3. The van der Waals surface area contributed by atoms with Crippen molar-refractivity contribution in [2.75, 3.05) is 71.9 Å². The van der Waals surface area contributed by atoms with Gasteiger partial charge in [-0.25, -0.2) is 18.1 Å². The lowest BCUT2D eigenvalue weighted by Gasteiger charge is -2.34. The van der Waals surface area contributed by atoms with Crippen molar-refractivity contribution in [1.29, 1.82) is 0 Å². The van der Waals surface area contributed by atoms with Crippen molar-refractivity contribution in [3.8, 4) is 17.4 Å². The Kier molecular flexibility index (Phi) is 14.6. The number of nitrogens with one attached hydrogen (secondary N) is 4. The normalized spacial score (nSPS) is 16.6. The van der Waals surface area contributed by atoms with Crippen LogP contribution in [0, 0.1) is 5.41 Å². The molecule has 0 bridgehead atoms. The Labute approximate surface area is 377 Å². The lowest BCUT2D eigenvalue weighted by molar-refractivity contribution is -0.140. The minimum Gasteiger partial charge on any atom is -0.474 e. The van der Waals surface area contributed by atoms with Crippen molar-refractivity contribution in [2.24, 2.45) is 5.41 Å². The first-order chi connectivity index (χ1) is 30.1. The molecule has 0 unspecified atom stereocenters. The zero-order chi connectivity index (χ0) is 44.7. The summed E-state index contributed by atoms with van der Waals surface area (Å²) < 4.78 is 47.2. The average molecular weight is 920 g/mol. The molecule has 2 aliphatic rings. The predicted octanol–water partition coefficient (Wildman–Crippen LogP) is 7.01. The molecule has 334 valence electrons. The predicted molar refractivity (Wildman–Crippen MR) is 244 cm³/mol. The molecular formula is C45H52Cl2N8O7S. The Morgan fingerprint density at radius 2 is 1.84 bits per heavy atom. The van der Waals surface area contributed by atoms with Gasteiger partial charge in [-0.2, -0.15) is 5.10 Å². The number of halogens is 2. The molecule has 5 aromatic rings. The number of allylic oxidation sites excluding steroid dienone is 1. The van der Waals surface area contributed by atoms with Crippen LogP contribution in [0.5, 0.6) is 17.4 Å². The number of likely N-dealkylation sites (N-methyl/N-ethyl adjacent to an activating group) is 1. The maximum absolute atomic E-state index is 13.8. The minimum atomic E-state index is -4.47. The summed E-state index contributed by atoms with van der Waals surface area (Å²) in [6, 6.07) is 19.4. The number of nitrogens with zero attached hydrogens (tertiary/aromatic N) is 4. The molecule has 7 rings (SSSR count). The molecule has 18 heteroatoms. The van der Waals surface area contributed by atoms with E-state index in [1.807, 2.05) is 32.3 Å². The summed E-state index contributed by atoms with van der Waals surface area (Å²) in [4.78, 5) is 33.6. The Balaban J connectivity index is 1.01. The van der Waals surface area contributed by atoms with Crippen LogP contribution in [0.25, 0.3) is 16.5 Å². The number of rotatable bonds is 17. The van der Waals surface area contributed by atoms with Gasteiger partial charge >= 0.3 is 0 Å². The van der Waals surface area contributed by atoms with Crippen molar-refractivity contribution >= 4 is 67.2 Å². The molecule has 1 saturated heterocycles. The van der Waals surface area contributed by atoms with Crippen molar-refractivity contribution in [1.82, 2.24) is 35.0 Å². The number of H-pyrrole nitrogens is 1. The number of hydrogen-bond donors (Lipinski definition) is 4. The molecule has 2 amide bonds. The number of anilines is 1.